The second-order valence-corrected chi connectivity index (χ2v) is 9.77. The number of amides is 1. The van der Waals surface area contributed by atoms with E-state index < -0.39 is 5.91 Å². The van der Waals surface area contributed by atoms with Crippen molar-refractivity contribution in [2.45, 2.75) is 13.2 Å². The lowest BCUT2D eigenvalue weighted by Crippen LogP contribution is -2.13. The summed E-state index contributed by atoms with van der Waals surface area (Å²) in [6.07, 6.45) is 1.47. The van der Waals surface area contributed by atoms with Crippen molar-refractivity contribution in [2.75, 3.05) is 12.4 Å². The van der Waals surface area contributed by atoms with Gasteiger partial charge in [-0.15, -0.1) is 0 Å². The number of nitrogens with zero attached hydrogens (tertiary/aromatic N) is 1. The molecule has 0 aliphatic carbocycles. The van der Waals surface area contributed by atoms with Gasteiger partial charge in [-0.2, -0.15) is 5.26 Å². The highest BCUT2D eigenvalue weighted by molar-refractivity contribution is 6.35. The van der Waals surface area contributed by atoms with Crippen molar-refractivity contribution in [3.8, 4) is 23.3 Å². The van der Waals surface area contributed by atoms with Crippen LogP contribution >= 0.6 is 34.8 Å². The van der Waals surface area contributed by atoms with Crippen LogP contribution in [0.4, 0.5) is 5.69 Å². The van der Waals surface area contributed by atoms with Crippen molar-refractivity contribution in [1.82, 2.24) is 0 Å². The van der Waals surface area contributed by atoms with E-state index in [0.29, 0.717) is 43.6 Å². The molecule has 1 N–H and O–H groups in total. The number of methoxy groups -OCH3 is 1. The summed E-state index contributed by atoms with van der Waals surface area (Å²) in [6.45, 7) is 0.519. The number of rotatable bonds is 10. The number of carbonyl (C=O) groups is 1. The fourth-order valence-electron chi connectivity index (χ4n) is 3.56. The molecule has 0 heterocycles. The van der Waals surface area contributed by atoms with Gasteiger partial charge in [-0.3, -0.25) is 4.79 Å². The molecule has 0 bridgehead atoms. The monoisotopic (exact) mass is 592 g/mol. The fraction of sp³-hybridized carbons (Fsp3) is 0.0968. The van der Waals surface area contributed by atoms with Crippen molar-refractivity contribution in [1.29, 1.82) is 5.26 Å². The molecule has 0 spiro atoms. The number of ether oxygens (including phenoxy) is 3. The van der Waals surface area contributed by atoms with E-state index in [-0.39, 0.29) is 18.8 Å². The normalized spacial score (nSPS) is 10.9. The Balaban J connectivity index is 1.43. The van der Waals surface area contributed by atoms with Crippen molar-refractivity contribution in [2.24, 2.45) is 0 Å². The van der Waals surface area contributed by atoms with Gasteiger partial charge < -0.3 is 19.5 Å². The quantitative estimate of drug-likeness (QED) is 0.148. The van der Waals surface area contributed by atoms with Crippen molar-refractivity contribution in [3.63, 3.8) is 0 Å². The average molecular weight is 594 g/mol. The number of nitriles is 1. The highest BCUT2D eigenvalue weighted by Crippen LogP contribution is 2.29. The lowest BCUT2D eigenvalue weighted by molar-refractivity contribution is -0.112. The minimum absolute atomic E-state index is 0.0979. The van der Waals surface area contributed by atoms with Gasteiger partial charge in [0.25, 0.3) is 5.91 Å². The summed E-state index contributed by atoms with van der Waals surface area (Å²) in [5.74, 6) is 1.05. The van der Waals surface area contributed by atoms with E-state index in [9.17, 15) is 10.1 Å². The van der Waals surface area contributed by atoms with Gasteiger partial charge in [0.15, 0.2) is 0 Å². The summed E-state index contributed by atoms with van der Waals surface area (Å²) >= 11 is 18.1. The van der Waals surface area contributed by atoms with Gasteiger partial charge in [0.05, 0.1) is 7.11 Å². The zero-order valence-electron chi connectivity index (χ0n) is 21.3. The van der Waals surface area contributed by atoms with Crippen LogP contribution in [0.25, 0.3) is 6.08 Å². The van der Waals surface area contributed by atoms with E-state index in [1.54, 1.807) is 79.9 Å². The van der Waals surface area contributed by atoms with E-state index in [1.165, 1.54) is 6.08 Å². The Labute approximate surface area is 247 Å². The summed E-state index contributed by atoms with van der Waals surface area (Å²) in [7, 11) is 1.55. The van der Waals surface area contributed by atoms with E-state index in [2.05, 4.69) is 5.32 Å². The Kier molecular flexibility index (Phi) is 9.93. The first-order valence-corrected chi connectivity index (χ1v) is 13.1. The third kappa shape index (κ3) is 7.93. The molecule has 40 heavy (non-hydrogen) atoms. The largest absolute Gasteiger partial charge is 0.497 e. The predicted molar refractivity (Wildman–Crippen MR) is 158 cm³/mol. The molecule has 6 nitrogen and oxygen atoms in total. The minimum Gasteiger partial charge on any atom is -0.497 e. The van der Waals surface area contributed by atoms with Gasteiger partial charge in [-0.25, -0.2) is 0 Å². The molecule has 0 radical (unpaired) electrons. The van der Waals surface area contributed by atoms with Crippen molar-refractivity contribution >= 4 is 52.5 Å². The van der Waals surface area contributed by atoms with Crippen LogP contribution in [0.5, 0.6) is 17.2 Å². The molecule has 0 fully saturated rings. The molecule has 0 aliphatic rings. The van der Waals surface area contributed by atoms with Crippen LogP contribution < -0.4 is 19.5 Å². The van der Waals surface area contributed by atoms with Crippen LogP contribution in [0.15, 0.2) is 90.5 Å². The van der Waals surface area contributed by atoms with Gasteiger partial charge in [0, 0.05) is 37.9 Å². The SMILES string of the molecule is COc1ccc(/C=C(\C#N)C(=O)Nc2ccc(OCc3ccc(Cl)cc3Cl)cc2)c(OCc2ccc(Cl)cc2)c1. The molecule has 1 amide bonds. The molecule has 0 aliphatic heterocycles. The van der Waals surface area contributed by atoms with Crippen LogP contribution in [0.2, 0.25) is 15.1 Å². The number of nitrogens with one attached hydrogen (secondary N) is 1. The Morgan fingerprint density at radius 2 is 1.55 bits per heavy atom. The van der Waals surface area contributed by atoms with Crippen molar-refractivity contribution in [3.05, 3.63) is 122 Å². The standard InChI is InChI=1S/C31H23Cl3N2O4/c1-38-28-11-5-21(30(16-28)40-18-20-2-6-24(32)7-3-20)14-23(17-35)31(37)36-26-9-12-27(13-10-26)39-19-22-4-8-25(33)15-29(22)34/h2-16H,18-19H2,1H3,(H,36,37)/b23-14+. The molecule has 0 saturated carbocycles. The topological polar surface area (TPSA) is 80.6 Å². The van der Waals surface area contributed by atoms with E-state index in [4.69, 9.17) is 49.0 Å². The first-order valence-electron chi connectivity index (χ1n) is 12.0. The Morgan fingerprint density at radius 1 is 0.850 bits per heavy atom. The van der Waals surface area contributed by atoms with E-state index >= 15 is 0 Å². The second-order valence-electron chi connectivity index (χ2n) is 8.49. The summed E-state index contributed by atoms with van der Waals surface area (Å²) in [4.78, 5) is 12.9. The van der Waals surface area contributed by atoms with E-state index in [0.717, 1.165) is 11.1 Å². The summed E-state index contributed by atoms with van der Waals surface area (Å²) in [5.41, 5.74) is 2.65. The summed E-state index contributed by atoms with van der Waals surface area (Å²) in [6, 6.07) is 26.4. The molecule has 202 valence electrons. The van der Waals surface area contributed by atoms with Gasteiger partial charge in [0.2, 0.25) is 0 Å². The second kappa shape index (κ2) is 13.8. The Morgan fingerprint density at radius 3 is 2.23 bits per heavy atom. The zero-order chi connectivity index (χ0) is 28.5. The third-order valence-electron chi connectivity index (χ3n) is 5.71. The van der Waals surface area contributed by atoms with Crippen LogP contribution in [0, 0.1) is 11.3 Å². The maximum atomic E-state index is 12.9. The zero-order valence-corrected chi connectivity index (χ0v) is 23.6. The molecule has 4 rings (SSSR count). The van der Waals surface area contributed by atoms with Crippen molar-refractivity contribution < 1.29 is 19.0 Å². The summed E-state index contributed by atoms with van der Waals surface area (Å²) in [5, 5.41) is 14.2. The molecule has 0 unspecified atom stereocenters. The third-order valence-corrected chi connectivity index (χ3v) is 6.55. The molecule has 0 saturated heterocycles. The van der Waals surface area contributed by atoms with Crippen LogP contribution in [0.3, 0.4) is 0 Å². The molecule has 9 heteroatoms. The lowest BCUT2D eigenvalue weighted by atomic mass is 10.1. The smallest absolute Gasteiger partial charge is 0.266 e. The average Bonchev–Trinajstić information content (AvgIpc) is 2.96. The highest BCUT2D eigenvalue weighted by Gasteiger charge is 2.13. The molecule has 0 atom stereocenters. The molecular weight excluding hydrogens is 571 g/mol. The maximum absolute atomic E-state index is 12.9. The molecule has 4 aromatic carbocycles. The lowest BCUT2D eigenvalue weighted by Gasteiger charge is -2.12. The predicted octanol–water partition coefficient (Wildman–Crippen LogP) is 8.36. The summed E-state index contributed by atoms with van der Waals surface area (Å²) < 4.78 is 17.1. The fourth-order valence-corrected chi connectivity index (χ4v) is 4.15. The van der Waals surface area contributed by atoms with Gasteiger partial charge in [0.1, 0.15) is 42.1 Å². The minimum atomic E-state index is -0.566. The first-order chi connectivity index (χ1) is 19.3. The van der Waals surface area contributed by atoms with Crippen LogP contribution in [-0.4, -0.2) is 13.0 Å². The number of carbonyl (C=O) groups excluding carboxylic acids is 1. The number of hydrogen-bond donors (Lipinski definition) is 1. The Bertz CT molecular complexity index is 1560. The van der Waals surface area contributed by atoms with Gasteiger partial charge in [-0.1, -0.05) is 53.0 Å². The number of hydrogen-bond acceptors (Lipinski definition) is 5. The number of halogens is 3. The first kappa shape index (κ1) is 28.8. The highest BCUT2D eigenvalue weighted by atomic mass is 35.5. The number of benzene rings is 4. The molecule has 4 aromatic rings. The van der Waals surface area contributed by atoms with Crippen LogP contribution in [-0.2, 0) is 18.0 Å². The molecule has 0 aromatic heterocycles. The number of anilines is 1. The Hall–Kier alpha value is -4.15. The van der Waals surface area contributed by atoms with E-state index in [1.807, 2.05) is 18.2 Å². The molecular formula is C31H23Cl3N2O4. The maximum Gasteiger partial charge on any atom is 0.266 e. The van der Waals surface area contributed by atoms with Gasteiger partial charge in [-0.05, 0) is 72.3 Å². The van der Waals surface area contributed by atoms with Gasteiger partial charge >= 0.3 is 0 Å². The van der Waals surface area contributed by atoms with Crippen LogP contribution in [0.1, 0.15) is 16.7 Å².